The molecule has 0 N–H and O–H groups in total. The molecule has 1 amide bonds. The number of para-hydroxylation sites is 1. The topological polar surface area (TPSA) is 23.6 Å². The molecule has 3 aliphatic heterocycles. The van der Waals surface area contributed by atoms with Crippen LogP contribution in [0, 0.1) is 5.82 Å². The lowest BCUT2D eigenvalue weighted by Gasteiger charge is -2.43. The summed E-state index contributed by atoms with van der Waals surface area (Å²) in [7, 11) is 0. The molecule has 0 aliphatic carbocycles. The van der Waals surface area contributed by atoms with Crippen molar-refractivity contribution in [1.82, 2.24) is 4.90 Å². The minimum Gasteiger partial charge on any atom is -0.364 e. The van der Waals surface area contributed by atoms with Crippen molar-refractivity contribution in [3.63, 3.8) is 0 Å². The van der Waals surface area contributed by atoms with Crippen molar-refractivity contribution in [2.24, 2.45) is 0 Å². The first kappa shape index (κ1) is 18.5. The van der Waals surface area contributed by atoms with Crippen molar-refractivity contribution in [2.75, 3.05) is 18.0 Å². The number of benzene rings is 2. The maximum Gasteiger partial charge on any atom is 0.416 e. The molecular weight excluding hydrogens is 384 g/mol. The van der Waals surface area contributed by atoms with Crippen LogP contribution in [0.15, 0.2) is 36.4 Å². The van der Waals surface area contributed by atoms with E-state index in [0.29, 0.717) is 37.6 Å². The predicted molar refractivity (Wildman–Crippen MR) is 99.9 cm³/mol. The molecule has 0 radical (unpaired) electrons. The fourth-order valence-electron chi connectivity index (χ4n) is 5.14. The monoisotopic (exact) mass is 404 g/mol. The quantitative estimate of drug-likeness (QED) is 0.657. The van der Waals surface area contributed by atoms with Crippen LogP contribution in [0.2, 0.25) is 0 Å². The summed E-state index contributed by atoms with van der Waals surface area (Å²) in [6.45, 7) is 1.33. The molecule has 3 aliphatic rings. The maximum atomic E-state index is 14.1. The van der Waals surface area contributed by atoms with Gasteiger partial charge in [0.1, 0.15) is 5.82 Å². The summed E-state index contributed by atoms with van der Waals surface area (Å²) in [5, 5.41) is 0. The molecule has 3 nitrogen and oxygen atoms in total. The molecule has 2 atom stereocenters. The summed E-state index contributed by atoms with van der Waals surface area (Å²) in [5.41, 5.74) is 2.54. The Hall–Kier alpha value is -2.57. The molecular formula is C22H20F4N2O. The van der Waals surface area contributed by atoms with E-state index in [2.05, 4.69) is 4.90 Å². The molecule has 2 aromatic carbocycles. The highest BCUT2D eigenvalue weighted by Crippen LogP contribution is 2.51. The molecule has 0 bridgehead atoms. The number of carbonyl (C=O) groups is 1. The van der Waals surface area contributed by atoms with Gasteiger partial charge in [-0.1, -0.05) is 18.2 Å². The molecule has 2 aromatic rings. The second-order valence-corrected chi connectivity index (χ2v) is 8.03. The van der Waals surface area contributed by atoms with Crippen LogP contribution in [0.25, 0.3) is 0 Å². The predicted octanol–water partition coefficient (Wildman–Crippen LogP) is 5.02. The van der Waals surface area contributed by atoms with Gasteiger partial charge in [0.25, 0.3) is 0 Å². The van der Waals surface area contributed by atoms with Crippen LogP contribution in [0.5, 0.6) is 0 Å². The lowest BCUT2D eigenvalue weighted by Crippen LogP contribution is -2.39. The van der Waals surface area contributed by atoms with Crippen molar-refractivity contribution < 1.29 is 22.4 Å². The zero-order chi connectivity index (χ0) is 20.3. The highest BCUT2D eigenvalue weighted by molar-refractivity contribution is 5.80. The lowest BCUT2D eigenvalue weighted by atomic mass is 9.86. The Morgan fingerprint density at radius 3 is 2.52 bits per heavy atom. The Morgan fingerprint density at radius 1 is 0.966 bits per heavy atom. The third-order valence-electron chi connectivity index (χ3n) is 6.36. The second kappa shape index (κ2) is 6.47. The van der Waals surface area contributed by atoms with Crippen molar-refractivity contribution in [3.8, 4) is 0 Å². The molecule has 29 heavy (non-hydrogen) atoms. The van der Waals surface area contributed by atoms with Gasteiger partial charge in [-0.2, -0.15) is 13.2 Å². The average Bonchev–Trinajstić information content (AvgIpc) is 3.29. The molecule has 0 spiro atoms. The zero-order valence-corrected chi connectivity index (χ0v) is 15.7. The first-order chi connectivity index (χ1) is 13.8. The van der Waals surface area contributed by atoms with E-state index < -0.39 is 23.6 Å². The summed E-state index contributed by atoms with van der Waals surface area (Å²) in [4.78, 5) is 16.4. The minimum atomic E-state index is -4.61. The van der Waals surface area contributed by atoms with E-state index in [-0.39, 0.29) is 11.9 Å². The number of rotatable bonds is 2. The molecule has 3 heterocycles. The lowest BCUT2D eigenvalue weighted by molar-refractivity contribution is -0.137. The summed E-state index contributed by atoms with van der Waals surface area (Å²) in [6.07, 6.45) is -2.07. The molecule has 7 heteroatoms. The molecule has 0 saturated carbocycles. The van der Waals surface area contributed by atoms with E-state index in [0.717, 1.165) is 35.7 Å². The van der Waals surface area contributed by atoms with Crippen molar-refractivity contribution in [1.29, 1.82) is 0 Å². The molecule has 152 valence electrons. The van der Waals surface area contributed by atoms with Gasteiger partial charge in [0.15, 0.2) is 0 Å². The van der Waals surface area contributed by atoms with E-state index in [1.165, 1.54) is 6.07 Å². The highest BCUT2D eigenvalue weighted by atomic mass is 19.4. The molecule has 2 unspecified atom stereocenters. The largest absolute Gasteiger partial charge is 0.416 e. The van der Waals surface area contributed by atoms with E-state index in [1.54, 1.807) is 0 Å². The van der Waals surface area contributed by atoms with Crippen LogP contribution in [0.1, 0.15) is 53.6 Å². The SMILES string of the molecule is O=C1CCCN1C1CC(c2cc(F)cc(C(F)(F)F)c2)N2CCc3cccc1c32. The zero-order valence-electron chi connectivity index (χ0n) is 15.7. The molecule has 1 fully saturated rings. The smallest absolute Gasteiger partial charge is 0.364 e. The Labute approximate surface area is 165 Å². The summed E-state index contributed by atoms with van der Waals surface area (Å²) >= 11 is 0. The average molecular weight is 404 g/mol. The van der Waals surface area contributed by atoms with Crippen LogP contribution in [-0.2, 0) is 17.4 Å². The van der Waals surface area contributed by atoms with Gasteiger partial charge in [-0.25, -0.2) is 4.39 Å². The van der Waals surface area contributed by atoms with Crippen LogP contribution < -0.4 is 4.90 Å². The van der Waals surface area contributed by atoms with Gasteiger partial charge in [-0.05, 0) is 54.2 Å². The summed E-state index contributed by atoms with van der Waals surface area (Å²) in [6, 6.07) is 8.22. The Balaban J connectivity index is 1.62. The number of anilines is 1. The first-order valence-corrected chi connectivity index (χ1v) is 9.88. The Kier molecular flexibility index (Phi) is 4.12. The fraction of sp³-hybridized carbons (Fsp3) is 0.409. The number of likely N-dealkylation sites (tertiary alicyclic amines) is 1. The third-order valence-corrected chi connectivity index (χ3v) is 6.36. The van der Waals surface area contributed by atoms with Crippen molar-refractivity contribution in [2.45, 2.75) is 43.9 Å². The summed E-state index contributed by atoms with van der Waals surface area (Å²) < 4.78 is 54.0. The minimum absolute atomic E-state index is 0.0769. The maximum absolute atomic E-state index is 14.1. The number of hydrogen-bond donors (Lipinski definition) is 0. The second-order valence-electron chi connectivity index (χ2n) is 8.03. The van der Waals surface area contributed by atoms with Crippen molar-refractivity contribution >= 4 is 11.6 Å². The number of hydrogen-bond acceptors (Lipinski definition) is 2. The van der Waals surface area contributed by atoms with Gasteiger partial charge in [0, 0.05) is 25.2 Å². The highest BCUT2D eigenvalue weighted by Gasteiger charge is 2.42. The van der Waals surface area contributed by atoms with Crippen LogP contribution in [-0.4, -0.2) is 23.9 Å². The van der Waals surface area contributed by atoms with E-state index in [9.17, 15) is 22.4 Å². The summed E-state index contributed by atoms with van der Waals surface area (Å²) in [5.74, 6) is -0.810. The van der Waals surface area contributed by atoms with Gasteiger partial charge in [0.2, 0.25) is 5.91 Å². The van der Waals surface area contributed by atoms with E-state index in [1.807, 2.05) is 23.1 Å². The molecule has 0 aromatic heterocycles. The van der Waals surface area contributed by atoms with Gasteiger partial charge in [0.05, 0.1) is 17.6 Å². The number of nitrogens with zero attached hydrogens (tertiary/aromatic N) is 2. The van der Waals surface area contributed by atoms with Gasteiger partial charge in [-0.3, -0.25) is 4.79 Å². The Bertz CT molecular complexity index is 987. The first-order valence-electron chi connectivity index (χ1n) is 9.88. The number of alkyl halides is 3. The normalized spacial score (nSPS) is 23.7. The van der Waals surface area contributed by atoms with Crippen LogP contribution >= 0.6 is 0 Å². The van der Waals surface area contributed by atoms with Gasteiger partial charge in [-0.15, -0.1) is 0 Å². The number of amides is 1. The number of carbonyl (C=O) groups excluding carboxylic acids is 1. The number of halogens is 4. The van der Waals surface area contributed by atoms with Crippen molar-refractivity contribution in [3.05, 3.63) is 64.5 Å². The third kappa shape index (κ3) is 2.98. The molecule has 1 saturated heterocycles. The van der Waals surface area contributed by atoms with E-state index >= 15 is 0 Å². The van der Waals surface area contributed by atoms with Crippen LogP contribution in [0.3, 0.4) is 0 Å². The van der Waals surface area contributed by atoms with Gasteiger partial charge >= 0.3 is 6.18 Å². The van der Waals surface area contributed by atoms with E-state index in [4.69, 9.17) is 0 Å². The Morgan fingerprint density at radius 2 is 1.79 bits per heavy atom. The van der Waals surface area contributed by atoms with Crippen LogP contribution in [0.4, 0.5) is 23.2 Å². The van der Waals surface area contributed by atoms with Gasteiger partial charge < -0.3 is 9.80 Å². The standard InChI is InChI=1S/C22H20F4N2O/c23-16-10-14(9-15(11-16)22(24,25)26)18-12-19(27-7-2-5-20(27)29)17-4-1-3-13-6-8-28(18)21(13)17/h1,3-4,9-11,18-19H,2,5-8,12H2. The molecule has 5 rings (SSSR count). The fourth-order valence-corrected chi connectivity index (χ4v) is 5.14.